The Kier molecular flexibility index (Phi) is 3.05. The van der Waals surface area contributed by atoms with Crippen molar-refractivity contribution < 1.29 is 8.42 Å². The topological polar surface area (TPSA) is 70.2 Å². The van der Waals surface area contributed by atoms with Crippen molar-refractivity contribution in [1.29, 1.82) is 0 Å². The predicted octanol–water partition coefficient (Wildman–Crippen LogP) is 0.813. The molecule has 2 rings (SSSR count). The normalized spacial score (nSPS) is 17.8. The Hall–Kier alpha value is -0.850. The van der Waals surface area contributed by atoms with Crippen LogP contribution in [-0.4, -0.2) is 30.8 Å². The molecule has 1 aromatic rings. The maximum absolute atomic E-state index is 12.1. The van der Waals surface area contributed by atoms with Crippen LogP contribution in [0.3, 0.4) is 0 Å². The monoisotopic (exact) mass is 262 g/mol. The first-order valence-corrected chi connectivity index (χ1v) is 6.72. The lowest BCUT2D eigenvalue weighted by molar-refractivity contribution is 0.476. The van der Waals surface area contributed by atoms with Crippen molar-refractivity contribution in [3.05, 3.63) is 27.6 Å². The van der Waals surface area contributed by atoms with E-state index in [0.29, 0.717) is 13.1 Å². The first-order valence-electron chi connectivity index (χ1n) is 4.90. The zero-order chi connectivity index (χ0) is 11.8. The second-order valence-electron chi connectivity index (χ2n) is 3.61. The summed E-state index contributed by atoms with van der Waals surface area (Å²) in [4.78, 5) is 13.9. The molecule has 16 heavy (non-hydrogen) atoms. The molecular formula is C9H11ClN2O3S. The molecule has 0 unspecified atom stereocenters. The van der Waals surface area contributed by atoms with E-state index in [1.54, 1.807) is 0 Å². The highest BCUT2D eigenvalue weighted by atomic mass is 35.5. The smallest absolute Gasteiger partial charge is 0.248 e. The molecule has 1 aliphatic rings. The molecule has 0 aliphatic carbocycles. The van der Waals surface area contributed by atoms with E-state index in [1.807, 2.05) is 0 Å². The van der Waals surface area contributed by atoms with Crippen LogP contribution in [0.25, 0.3) is 0 Å². The van der Waals surface area contributed by atoms with Gasteiger partial charge in [0.1, 0.15) is 9.92 Å². The summed E-state index contributed by atoms with van der Waals surface area (Å²) < 4.78 is 25.4. The number of hydrogen-bond donors (Lipinski definition) is 1. The Labute approximate surface area is 98.1 Å². The van der Waals surface area contributed by atoms with Crippen LogP contribution in [-0.2, 0) is 10.0 Å². The molecule has 88 valence electrons. The summed E-state index contributed by atoms with van der Waals surface area (Å²) >= 11 is 5.60. The van der Waals surface area contributed by atoms with E-state index in [4.69, 9.17) is 11.6 Å². The van der Waals surface area contributed by atoms with Gasteiger partial charge >= 0.3 is 0 Å². The molecule has 1 aromatic heterocycles. The molecule has 1 saturated heterocycles. The molecule has 1 aliphatic heterocycles. The van der Waals surface area contributed by atoms with Crippen LogP contribution in [0.4, 0.5) is 0 Å². The molecule has 0 spiro atoms. The number of nitrogens with one attached hydrogen (secondary N) is 1. The minimum absolute atomic E-state index is 0.111. The third-order valence-corrected chi connectivity index (χ3v) is 4.73. The number of rotatable bonds is 2. The highest BCUT2D eigenvalue weighted by molar-refractivity contribution is 7.89. The van der Waals surface area contributed by atoms with Crippen LogP contribution in [0.1, 0.15) is 12.8 Å². The number of H-pyrrole nitrogens is 1. The van der Waals surface area contributed by atoms with Gasteiger partial charge in [-0.3, -0.25) is 4.79 Å². The number of aromatic nitrogens is 1. The molecule has 7 heteroatoms. The SMILES string of the molecule is O=c1c(Cl)c[nH]cc1S(=O)(=O)N1CCCC1. The Balaban J connectivity index is 2.51. The van der Waals surface area contributed by atoms with Gasteiger partial charge in [0.25, 0.3) is 0 Å². The van der Waals surface area contributed by atoms with Gasteiger partial charge in [-0.15, -0.1) is 0 Å². The van der Waals surface area contributed by atoms with Crippen molar-refractivity contribution in [3.8, 4) is 0 Å². The van der Waals surface area contributed by atoms with Crippen LogP contribution in [0, 0.1) is 0 Å². The standard InChI is InChI=1S/C9H11ClN2O3S/c10-7-5-11-6-8(9(7)13)16(14,15)12-3-1-2-4-12/h5-6H,1-4H2,(H,11,13). The molecule has 0 saturated carbocycles. The summed E-state index contributed by atoms with van der Waals surface area (Å²) in [5, 5.41) is -0.111. The fourth-order valence-electron chi connectivity index (χ4n) is 1.70. The molecule has 2 heterocycles. The van der Waals surface area contributed by atoms with Crippen LogP contribution in [0.5, 0.6) is 0 Å². The van der Waals surface area contributed by atoms with Crippen molar-refractivity contribution in [3.63, 3.8) is 0 Å². The van der Waals surface area contributed by atoms with Gasteiger partial charge in [-0.25, -0.2) is 8.42 Å². The molecule has 0 atom stereocenters. The Morgan fingerprint density at radius 3 is 2.50 bits per heavy atom. The highest BCUT2D eigenvalue weighted by Gasteiger charge is 2.29. The quantitative estimate of drug-likeness (QED) is 0.858. The lowest BCUT2D eigenvalue weighted by Gasteiger charge is -2.14. The average molecular weight is 263 g/mol. The van der Waals surface area contributed by atoms with Crippen molar-refractivity contribution in [2.24, 2.45) is 0 Å². The van der Waals surface area contributed by atoms with Crippen LogP contribution in [0.2, 0.25) is 5.02 Å². The molecular weight excluding hydrogens is 252 g/mol. The van der Waals surface area contributed by atoms with Gasteiger partial charge in [-0.2, -0.15) is 4.31 Å². The van der Waals surface area contributed by atoms with E-state index < -0.39 is 15.5 Å². The maximum atomic E-state index is 12.1. The molecule has 1 fully saturated rings. The minimum atomic E-state index is -3.69. The van der Waals surface area contributed by atoms with Crippen LogP contribution in [0.15, 0.2) is 22.1 Å². The predicted molar refractivity (Wildman–Crippen MR) is 60.1 cm³/mol. The summed E-state index contributed by atoms with van der Waals surface area (Å²) in [6.45, 7) is 0.933. The molecule has 1 N–H and O–H groups in total. The number of halogens is 1. The highest BCUT2D eigenvalue weighted by Crippen LogP contribution is 2.18. The Bertz CT molecular complexity index is 546. The van der Waals surface area contributed by atoms with E-state index in [1.165, 1.54) is 16.7 Å². The van der Waals surface area contributed by atoms with E-state index in [9.17, 15) is 13.2 Å². The molecule has 0 aromatic carbocycles. The van der Waals surface area contributed by atoms with Crippen molar-refractivity contribution in [2.45, 2.75) is 17.7 Å². The summed E-state index contributed by atoms with van der Waals surface area (Å²) in [5.41, 5.74) is -0.646. The van der Waals surface area contributed by atoms with Gasteiger partial charge in [0.05, 0.1) is 0 Å². The Morgan fingerprint density at radius 2 is 1.88 bits per heavy atom. The van der Waals surface area contributed by atoms with Gasteiger partial charge in [-0.1, -0.05) is 11.6 Å². The van der Waals surface area contributed by atoms with E-state index in [2.05, 4.69) is 4.98 Å². The molecule has 5 nitrogen and oxygen atoms in total. The third kappa shape index (κ3) is 1.88. The maximum Gasteiger partial charge on any atom is 0.248 e. The van der Waals surface area contributed by atoms with Gasteiger partial charge in [0.15, 0.2) is 0 Å². The number of pyridine rings is 1. The number of nitrogens with zero attached hydrogens (tertiary/aromatic N) is 1. The van der Waals surface area contributed by atoms with Gasteiger partial charge < -0.3 is 4.98 Å². The van der Waals surface area contributed by atoms with E-state index >= 15 is 0 Å². The summed E-state index contributed by atoms with van der Waals surface area (Å²) in [6, 6.07) is 0. The molecule has 0 radical (unpaired) electrons. The minimum Gasteiger partial charge on any atom is -0.365 e. The third-order valence-electron chi connectivity index (χ3n) is 2.55. The summed E-state index contributed by atoms with van der Waals surface area (Å²) in [6.07, 6.45) is 4.12. The van der Waals surface area contributed by atoms with E-state index in [0.717, 1.165) is 12.8 Å². The van der Waals surface area contributed by atoms with Gasteiger partial charge in [0, 0.05) is 25.5 Å². The van der Waals surface area contributed by atoms with E-state index in [-0.39, 0.29) is 9.92 Å². The van der Waals surface area contributed by atoms with Crippen LogP contribution >= 0.6 is 11.6 Å². The zero-order valence-corrected chi connectivity index (χ0v) is 10.0. The number of hydrogen-bond acceptors (Lipinski definition) is 3. The second-order valence-corrected chi connectivity index (χ2v) is 5.92. The summed E-state index contributed by atoms with van der Waals surface area (Å²) in [5.74, 6) is 0. The number of sulfonamides is 1. The fraction of sp³-hybridized carbons (Fsp3) is 0.444. The lowest BCUT2D eigenvalue weighted by Crippen LogP contribution is -2.31. The summed E-state index contributed by atoms with van der Waals surface area (Å²) in [7, 11) is -3.69. The van der Waals surface area contributed by atoms with Gasteiger partial charge in [-0.05, 0) is 12.8 Å². The zero-order valence-electron chi connectivity index (χ0n) is 8.44. The fourth-order valence-corrected chi connectivity index (χ4v) is 3.50. The van der Waals surface area contributed by atoms with Crippen molar-refractivity contribution >= 4 is 21.6 Å². The average Bonchev–Trinajstić information content (AvgIpc) is 2.75. The van der Waals surface area contributed by atoms with Crippen molar-refractivity contribution in [2.75, 3.05) is 13.1 Å². The number of aromatic amines is 1. The van der Waals surface area contributed by atoms with Crippen molar-refractivity contribution in [1.82, 2.24) is 9.29 Å². The first-order chi connectivity index (χ1) is 7.53. The Morgan fingerprint density at radius 1 is 1.25 bits per heavy atom. The van der Waals surface area contributed by atoms with Gasteiger partial charge in [0.2, 0.25) is 15.5 Å². The first kappa shape index (κ1) is 11.6. The second kappa shape index (κ2) is 4.20. The van der Waals surface area contributed by atoms with Crippen LogP contribution < -0.4 is 5.43 Å². The largest absolute Gasteiger partial charge is 0.365 e. The lowest BCUT2D eigenvalue weighted by atomic mass is 10.4. The molecule has 0 bridgehead atoms. The molecule has 0 amide bonds.